The van der Waals surface area contributed by atoms with Gasteiger partial charge in [0.15, 0.2) is 0 Å². The highest BCUT2D eigenvalue weighted by molar-refractivity contribution is 5.84. The molecule has 2 aromatic rings. The molecular formula is C14H11F4N3O2. The lowest BCUT2D eigenvalue weighted by Crippen LogP contribution is -2.11. The summed E-state index contributed by atoms with van der Waals surface area (Å²) in [6.45, 7) is -0.102. The zero-order valence-electron chi connectivity index (χ0n) is 11.8. The molecule has 2 N–H and O–H groups in total. The minimum absolute atomic E-state index is 0.102. The Morgan fingerprint density at radius 1 is 1.09 bits per heavy atom. The Kier molecular flexibility index (Phi) is 4.99. The molecule has 0 spiro atoms. The van der Waals surface area contributed by atoms with Crippen LogP contribution in [0.25, 0.3) is 0 Å². The number of aromatic nitrogens is 1. The first-order valence-electron chi connectivity index (χ1n) is 6.30. The smallest absolute Gasteiger partial charge is 0.411 e. The summed E-state index contributed by atoms with van der Waals surface area (Å²) in [6.07, 6.45) is -0.650. The summed E-state index contributed by atoms with van der Waals surface area (Å²) in [5.41, 5.74) is 0.0579. The van der Waals surface area contributed by atoms with Crippen molar-refractivity contribution in [3.05, 3.63) is 53.4 Å². The lowest BCUT2D eigenvalue weighted by Gasteiger charge is -2.10. The Labute approximate surface area is 128 Å². The average Bonchev–Trinajstić information content (AvgIpc) is 2.54. The van der Waals surface area contributed by atoms with Gasteiger partial charge in [-0.2, -0.15) is 22.5 Å². The molecule has 0 aliphatic rings. The molecule has 0 atom stereocenters. The molecule has 5 nitrogen and oxygen atoms in total. The van der Waals surface area contributed by atoms with Gasteiger partial charge in [0, 0.05) is 12.2 Å². The van der Waals surface area contributed by atoms with Crippen molar-refractivity contribution in [1.29, 1.82) is 0 Å². The molecule has 1 aromatic heterocycles. The van der Waals surface area contributed by atoms with E-state index in [1.807, 2.05) is 0 Å². The van der Waals surface area contributed by atoms with E-state index in [0.717, 1.165) is 0 Å². The van der Waals surface area contributed by atoms with Crippen LogP contribution in [0.1, 0.15) is 5.56 Å². The number of carbonyl (C=O) groups excluding carboxylic acids is 1. The Morgan fingerprint density at radius 3 is 2.17 bits per heavy atom. The van der Waals surface area contributed by atoms with E-state index in [1.165, 1.54) is 19.2 Å². The first-order chi connectivity index (χ1) is 10.9. The molecule has 0 bridgehead atoms. The van der Waals surface area contributed by atoms with E-state index < -0.39 is 35.3 Å². The zero-order valence-corrected chi connectivity index (χ0v) is 11.8. The number of hydrogen-bond donors (Lipinski definition) is 2. The topological polar surface area (TPSA) is 63.2 Å². The van der Waals surface area contributed by atoms with Gasteiger partial charge in [-0.25, -0.2) is 4.79 Å². The Morgan fingerprint density at radius 2 is 1.65 bits per heavy atom. The van der Waals surface area contributed by atoms with Gasteiger partial charge < -0.3 is 10.1 Å². The molecule has 2 rings (SSSR count). The molecule has 0 aliphatic heterocycles. The van der Waals surface area contributed by atoms with Crippen molar-refractivity contribution in [1.82, 2.24) is 4.98 Å². The van der Waals surface area contributed by atoms with E-state index in [9.17, 15) is 22.4 Å². The van der Waals surface area contributed by atoms with E-state index in [1.54, 1.807) is 12.1 Å². The first kappa shape index (κ1) is 16.5. The van der Waals surface area contributed by atoms with Crippen molar-refractivity contribution in [3.63, 3.8) is 0 Å². The Hall–Kier alpha value is -2.84. The number of nitrogens with zero attached hydrogens (tertiary/aromatic N) is 1. The van der Waals surface area contributed by atoms with Crippen molar-refractivity contribution in [2.24, 2.45) is 0 Å². The van der Waals surface area contributed by atoms with Crippen molar-refractivity contribution < 1.29 is 27.1 Å². The maximum absolute atomic E-state index is 13.4. The van der Waals surface area contributed by atoms with Gasteiger partial charge in [-0.15, -0.1) is 0 Å². The largest absolute Gasteiger partial charge is 0.453 e. The van der Waals surface area contributed by atoms with Gasteiger partial charge in [0.2, 0.25) is 11.6 Å². The van der Waals surface area contributed by atoms with E-state index in [4.69, 9.17) is 0 Å². The highest BCUT2D eigenvalue weighted by atomic mass is 19.2. The molecule has 0 unspecified atom stereocenters. The number of pyridine rings is 1. The van der Waals surface area contributed by atoms with Crippen LogP contribution in [0.15, 0.2) is 24.3 Å². The number of ether oxygens (including phenoxy) is 1. The lowest BCUT2D eigenvalue weighted by molar-refractivity contribution is 0.187. The average molecular weight is 329 g/mol. The molecule has 1 heterocycles. The standard InChI is InChI=1S/C14H11F4N3O2/c1-23-14(22)20-8-4-2-7(3-5-8)6-19-11-9(15)12(17)21-13(18)10(11)16/h2-5H,6H2,1H3,(H,19,21)(H,20,22). The van der Waals surface area contributed by atoms with E-state index in [0.29, 0.717) is 11.3 Å². The second-order valence-corrected chi connectivity index (χ2v) is 4.36. The number of amides is 1. The van der Waals surface area contributed by atoms with E-state index in [-0.39, 0.29) is 6.54 Å². The molecule has 0 aliphatic carbocycles. The maximum Gasteiger partial charge on any atom is 0.411 e. The van der Waals surface area contributed by atoms with Crippen LogP contribution < -0.4 is 10.6 Å². The molecule has 0 saturated heterocycles. The number of nitrogens with one attached hydrogen (secondary N) is 2. The quantitative estimate of drug-likeness (QED) is 0.666. The first-order valence-corrected chi connectivity index (χ1v) is 6.30. The fourth-order valence-corrected chi connectivity index (χ4v) is 1.71. The second kappa shape index (κ2) is 6.95. The summed E-state index contributed by atoms with van der Waals surface area (Å²) in [5.74, 6) is -6.67. The highest BCUT2D eigenvalue weighted by Gasteiger charge is 2.20. The number of methoxy groups -OCH3 is 1. The van der Waals surface area contributed by atoms with E-state index in [2.05, 4.69) is 20.4 Å². The van der Waals surface area contributed by atoms with Crippen molar-refractivity contribution >= 4 is 17.5 Å². The second-order valence-electron chi connectivity index (χ2n) is 4.36. The zero-order chi connectivity index (χ0) is 17.0. The van der Waals surface area contributed by atoms with Crippen LogP contribution in [-0.2, 0) is 11.3 Å². The van der Waals surface area contributed by atoms with Gasteiger partial charge >= 0.3 is 6.09 Å². The third-order valence-electron chi connectivity index (χ3n) is 2.85. The summed E-state index contributed by atoms with van der Waals surface area (Å²) in [6, 6.07) is 6.13. The van der Waals surface area contributed by atoms with E-state index >= 15 is 0 Å². The van der Waals surface area contributed by atoms with Crippen LogP contribution in [0.2, 0.25) is 0 Å². The Balaban J connectivity index is 2.08. The molecule has 1 amide bonds. The fourth-order valence-electron chi connectivity index (χ4n) is 1.71. The van der Waals surface area contributed by atoms with Crippen LogP contribution in [0, 0.1) is 23.5 Å². The molecule has 122 valence electrons. The monoisotopic (exact) mass is 329 g/mol. The molecule has 23 heavy (non-hydrogen) atoms. The van der Waals surface area contributed by atoms with Gasteiger partial charge in [0.25, 0.3) is 11.9 Å². The summed E-state index contributed by atoms with van der Waals surface area (Å²) in [7, 11) is 1.21. The van der Waals surface area contributed by atoms with Gasteiger partial charge in [0.05, 0.1) is 7.11 Å². The van der Waals surface area contributed by atoms with Gasteiger partial charge in [-0.05, 0) is 17.7 Å². The number of anilines is 2. The van der Waals surface area contributed by atoms with Crippen molar-refractivity contribution in [3.8, 4) is 0 Å². The lowest BCUT2D eigenvalue weighted by atomic mass is 10.2. The third kappa shape index (κ3) is 3.87. The fraction of sp³-hybridized carbons (Fsp3) is 0.143. The highest BCUT2D eigenvalue weighted by Crippen LogP contribution is 2.22. The number of benzene rings is 1. The minimum atomic E-state index is -1.73. The van der Waals surface area contributed by atoms with Gasteiger partial charge in [-0.1, -0.05) is 12.1 Å². The molecule has 0 saturated carbocycles. The van der Waals surface area contributed by atoms with Crippen molar-refractivity contribution in [2.45, 2.75) is 6.54 Å². The summed E-state index contributed by atoms with van der Waals surface area (Å²) < 4.78 is 57.2. The number of halogens is 4. The van der Waals surface area contributed by atoms with Crippen LogP contribution in [0.3, 0.4) is 0 Å². The maximum atomic E-state index is 13.4. The number of hydrogen-bond acceptors (Lipinski definition) is 4. The molecule has 0 fully saturated rings. The Bertz CT molecular complexity index is 697. The van der Waals surface area contributed by atoms with Crippen LogP contribution in [0.5, 0.6) is 0 Å². The molecule has 0 radical (unpaired) electrons. The molecule has 1 aromatic carbocycles. The van der Waals surface area contributed by atoms with Gasteiger partial charge in [-0.3, -0.25) is 5.32 Å². The predicted molar refractivity (Wildman–Crippen MR) is 73.9 cm³/mol. The minimum Gasteiger partial charge on any atom is -0.453 e. The SMILES string of the molecule is COC(=O)Nc1ccc(CNc2c(F)c(F)nc(F)c2F)cc1. The van der Waals surface area contributed by atoms with Crippen LogP contribution in [0.4, 0.5) is 33.7 Å². The summed E-state index contributed by atoms with van der Waals surface area (Å²) in [5, 5.41) is 4.69. The van der Waals surface area contributed by atoms with Crippen molar-refractivity contribution in [2.75, 3.05) is 17.7 Å². The number of rotatable bonds is 4. The van der Waals surface area contributed by atoms with Gasteiger partial charge in [0.1, 0.15) is 5.69 Å². The van der Waals surface area contributed by atoms with Crippen LogP contribution in [-0.4, -0.2) is 18.2 Å². The molecular weight excluding hydrogens is 318 g/mol. The number of carbonyl (C=O) groups is 1. The predicted octanol–water partition coefficient (Wildman–Crippen LogP) is 3.43. The molecule has 9 heteroatoms. The summed E-state index contributed by atoms with van der Waals surface area (Å²) in [4.78, 5) is 13.5. The van der Waals surface area contributed by atoms with Crippen LogP contribution >= 0.6 is 0 Å². The third-order valence-corrected chi connectivity index (χ3v) is 2.85. The normalized spacial score (nSPS) is 10.3. The summed E-state index contributed by atoms with van der Waals surface area (Å²) >= 11 is 0.